The zero-order valence-electron chi connectivity index (χ0n) is 14.4. The molecular weight excluding hydrogens is 306 g/mol. The van der Waals surface area contributed by atoms with Crippen molar-refractivity contribution >= 4 is 17.5 Å². The average Bonchev–Trinajstić information content (AvgIpc) is 2.91. The number of hydrogen-bond donors (Lipinski definition) is 4. The lowest BCUT2D eigenvalue weighted by Gasteiger charge is -2.20. The van der Waals surface area contributed by atoms with Crippen LogP contribution in [-0.4, -0.2) is 49.5 Å². The van der Waals surface area contributed by atoms with E-state index < -0.39 is 6.10 Å². The highest BCUT2D eigenvalue weighted by Gasteiger charge is 2.26. The Labute approximate surface area is 142 Å². The van der Waals surface area contributed by atoms with Crippen LogP contribution in [0.25, 0.3) is 5.57 Å². The minimum Gasteiger partial charge on any atom is -0.391 e. The first-order chi connectivity index (χ1) is 11.5. The third-order valence-corrected chi connectivity index (χ3v) is 4.47. The minimum atomic E-state index is -0.430. The highest BCUT2D eigenvalue weighted by atomic mass is 16.3. The molecule has 24 heavy (non-hydrogen) atoms. The minimum absolute atomic E-state index is 0.0157. The number of aliphatic hydroxyl groups excluding tert-OH is 2. The molecule has 3 rings (SSSR count). The molecule has 0 saturated heterocycles. The molecule has 0 amide bonds. The Morgan fingerprint density at radius 1 is 1.04 bits per heavy atom. The fraction of sp³-hybridized carbons (Fsp3) is 0.706. The predicted molar refractivity (Wildman–Crippen MR) is 93.7 cm³/mol. The molecule has 1 aromatic heterocycles. The first-order valence-electron chi connectivity index (χ1n) is 8.87. The Kier molecular flexibility index (Phi) is 5.30. The van der Waals surface area contributed by atoms with Crippen molar-refractivity contribution in [2.24, 2.45) is 0 Å². The summed E-state index contributed by atoms with van der Waals surface area (Å²) in [7, 11) is 0. The summed E-state index contributed by atoms with van der Waals surface area (Å²) < 4.78 is 0. The SMILES string of the molecule is CC(C)Nc1nc(N[C@@H]2CCC[C@@H]2O)nc(C2=CC(O)CCC2)n1. The van der Waals surface area contributed by atoms with Gasteiger partial charge in [-0.15, -0.1) is 0 Å². The lowest BCUT2D eigenvalue weighted by molar-refractivity contribution is 0.171. The van der Waals surface area contributed by atoms with Gasteiger partial charge in [-0.2, -0.15) is 15.0 Å². The van der Waals surface area contributed by atoms with Crippen LogP contribution in [-0.2, 0) is 0 Å². The highest BCUT2D eigenvalue weighted by Crippen LogP contribution is 2.27. The van der Waals surface area contributed by atoms with Crippen molar-refractivity contribution < 1.29 is 10.2 Å². The smallest absolute Gasteiger partial charge is 0.228 e. The van der Waals surface area contributed by atoms with E-state index in [1.165, 1.54) is 0 Å². The van der Waals surface area contributed by atoms with E-state index in [-0.39, 0.29) is 18.2 Å². The van der Waals surface area contributed by atoms with Crippen molar-refractivity contribution in [2.45, 2.75) is 76.7 Å². The van der Waals surface area contributed by atoms with Gasteiger partial charge in [-0.05, 0) is 64.0 Å². The quantitative estimate of drug-likeness (QED) is 0.653. The monoisotopic (exact) mass is 333 g/mol. The van der Waals surface area contributed by atoms with Gasteiger partial charge < -0.3 is 20.8 Å². The third kappa shape index (κ3) is 4.21. The molecule has 4 N–H and O–H groups in total. The summed E-state index contributed by atoms with van der Waals surface area (Å²) in [4.78, 5) is 13.5. The van der Waals surface area contributed by atoms with Gasteiger partial charge in [0.05, 0.1) is 18.2 Å². The van der Waals surface area contributed by atoms with E-state index in [9.17, 15) is 10.2 Å². The van der Waals surface area contributed by atoms with E-state index in [0.717, 1.165) is 44.1 Å². The van der Waals surface area contributed by atoms with Crippen LogP contribution in [0.2, 0.25) is 0 Å². The van der Waals surface area contributed by atoms with Gasteiger partial charge in [-0.3, -0.25) is 0 Å². The second kappa shape index (κ2) is 7.44. The number of aliphatic hydroxyl groups is 2. The van der Waals surface area contributed by atoms with Crippen LogP contribution in [0.1, 0.15) is 58.2 Å². The van der Waals surface area contributed by atoms with E-state index in [1.54, 1.807) is 0 Å². The van der Waals surface area contributed by atoms with Crippen molar-refractivity contribution in [3.63, 3.8) is 0 Å². The first-order valence-corrected chi connectivity index (χ1v) is 8.87. The average molecular weight is 333 g/mol. The lowest BCUT2D eigenvalue weighted by Crippen LogP contribution is -2.29. The highest BCUT2D eigenvalue weighted by molar-refractivity contribution is 5.63. The first kappa shape index (κ1) is 17.1. The zero-order valence-corrected chi connectivity index (χ0v) is 14.4. The van der Waals surface area contributed by atoms with Crippen molar-refractivity contribution in [2.75, 3.05) is 10.6 Å². The summed E-state index contributed by atoms with van der Waals surface area (Å²) in [6.45, 7) is 4.06. The zero-order chi connectivity index (χ0) is 17.1. The standard InChI is InChI=1S/C17H27N5O2/c1-10(2)18-16-20-15(11-5-3-6-12(23)9-11)21-17(22-16)19-13-7-4-8-14(13)24/h9-10,12-14,23-24H,3-8H2,1-2H3,(H2,18,19,20,21,22)/t12?,13-,14+/m1/s1. The van der Waals surface area contributed by atoms with Gasteiger partial charge in [0.15, 0.2) is 5.82 Å². The molecule has 1 saturated carbocycles. The summed E-state index contributed by atoms with van der Waals surface area (Å²) in [5, 5.41) is 26.4. The molecule has 3 atom stereocenters. The molecule has 2 aliphatic rings. The third-order valence-electron chi connectivity index (χ3n) is 4.47. The van der Waals surface area contributed by atoms with Crippen LogP contribution >= 0.6 is 0 Å². The van der Waals surface area contributed by atoms with E-state index >= 15 is 0 Å². The largest absolute Gasteiger partial charge is 0.391 e. The van der Waals surface area contributed by atoms with Crippen LogP contribution in [0.15, 0.2) is 6.08 Å². The number of nitrogens with one attached hydrogen (secondary N) is 2. The van der Waals surface area contributed by atoms with Crippen LogP contribution < -0.4 is 10.6 Å². The number of rotatable bonds is 5. The number of hydrogen-bond acceptors (Lipinski definition) is 7. The van der Waals surface area contributed by atoms with Crippen molar-refractivity contribution in [3.8, 4) is 0 Å². The number of aromatic nitrogens is 3. The van der Waals surface area contributed by atoms with E-state index in [2.05, 4.69) is 25.6 Å². The van der Waals surface area contributed by atoms with Crippen molar-refractivity contribution in [3.05, 3.63) is 11.9 Å². The van der Waals surface area contributed by atoms with Crippen LogP contribution in [0.3, 0.4) is 0 Å². The van der Waals surface area contributed by atoms with Crippen LogP contribution in [0.4, 0.5) is 11.9 Å². The Hall–Kier alpha value is -1.73. The van der Waals surface area contributed by atoms with Gasteiger partial charge in [0, 0.05) is 6.04 Å². The Morgan fingerprint density at radius 2 is 1.83 bits per heavy atom. The molecular formula is C17H27N5O2. The van der Waals surface area contributed by atoms with Gasteiger partial charge >= 0.3 is 0 Å². The van der Waals surface area contributed by atoms with E-state index in [0.29, 0.717) is 17.7 Å². The predicted octanol–water partition coefficient (Wildman–Crippen LogP) is 1.95. The molecule has 0 bridgehead atoms. The summed E-state index contributed by atoms with van der Waals surface area (Å²) in [5.74, 6) is 1.60. The molecule has 7 heteroatoms. The van der Waals surface area contributed by atoms with Gasteiger partial charge in [0.2, 0.25) is 11.9 Å². The fourth-order valence-corrected chi connectivity index (χ4v) is 3.27. The summed E-state index contributed by atoms with van der Waals surface area (Å²) >= 11 is 0. The Balaban J connectivity index is 1.88. The molecule has 1 fully saturated rings. The Morgan fingerprint density at radius 3 is 2.50 bits per heavy atom. The number of allylic oxidation sites excluding steroid dienone is 1. The van der Waals surface area contributed by atoms with Crippen molar-refractivity contribution in [1.82, 2.24) is 15.0 Å². The van der Waals surface area contributed by atoms with Gasteiger partial charge in [0.25, 0.3) is 0 Å². The lowest BCUT2D eigenvalue weighted by atomic mass is 9.97. The second-order valence-electron chi connectivity index (χ2n) is 7.01. The molecule has 1 unspecified atom stereocenters. The molecule has 0 radical (unpaired) electrons. The van der Waals surface area contributed by atoms with Crippen molar-refractivity contribution in [1.29, 1.82) is 0 Å². The Bertz CT molecular complexity index is 605. The maximum atomic E-state index is 10.0. The molecule has 1 heterocycles. The molecule has 1 aromatic rings. The summed E-state index contributed by atoms with van der Waals surface area (Å²) in [5.41, 5.74) is 0.956. The van der Waals surface area contributed by atoms with Crippen LogP contribution in [0.5, 0.6) is 0 Å². The topological polar surface area (TPSA) is 103 Å². The summed E-state index contributed by atoms with van der Waals surface area (Å²) in [6.07, 6.45) is 6.34. The molecule has 0 aliphatic heterocycles. The van der Waals surface area contributed by atoms with Crippen LogP contribution in [0, 0.1) is 0 Å². The second-order valence-corrected chi connectivity index (χ2v) is 7.01. The number of anilines is 2. The normalized spacial score (nSPS) is 27.2. The molecule has 0 aromatic carbocycles. The van der Waals surface area contributed by atoms with Gasteiger partial charge in [0.1, 0.15) is 0 Å². The molecule has 7 nitrogen and oxygen atoms in total. The maximum Gasteiger partial charge on any atom is 0.228 e. The van der Waals surface area contributed by atoms with Gasteiger partial charge in [-0.25, -0.2) is 0 Å². The molecule has 132 valence electrons. The summed E-state index contributed by atoms with van der Waals surface area (Å²) in [6, 6.07) is 0.189. The fourth-order valence-electron chi connectivity index (χ4n) is 3.27. The van der Waals surface area contributed by atoms with E-state index in [1.807, 2.05) is 19.9 Å². The number of nitrogens with zero attached hydrogens (tertiary/aromatic N) is 3. The van der Waals surface area contributed by atoms with Gasteiger partial charge in [-0.1, -0.05) is 0 Å². The van der Waals surface area contributed by atoms with E-state index in [4.69, 9.17) is 0 Å². The molecule has 2 aliphatic carbocycles. The molecule has 0 spiro atoms. The maximum absolute atomic E-state index is 10.0.